The molecule has 3 heteroatoms. The lowest BCUT2D eigenvalue weighted by atomic mass is 9.56. The summed E-state index contributed by atoms with van der Waals surface area (Å²) in [7, 11) is 0. The van der Waals surface area contributed by atoms with E-state index in [0.29, 0.717) is 5.92 Å². The van der Waals surface area contributed by atoms with Crippen LogP contribution in [0.25, 0.3) is 0 Å². The Balaban J connectivity index is 2.13. The Bertz CT molecular complexity index is 325. The Labute approximate surface area is 83.9 Å². The minimum absolute atomic E-state index is 0.0451. The molecule has 3 fully saturated rings. The van der Waals surface area contributed by atoms with Gasteiger partial charge in [-0.25, -0.2) is 0 Å². The number of carboxylic acid groups (broad SMARTS) is 1. The normalized spacial score (nSPS) is 52.6. The summed E-state index contributed by atoms with van der Waals surface area (Å²) in [4.78, 5) is 11.3. The van der Waals surface area contributed by atoms with Crippen molar-refractivity contribution in [1.82, 2.24) is 0 Å². The van der Waals surface area contributed by atoms with E-state index in [9.17, 15) is 9.90 Å². The van der Waals surface area contributed by atoms with Crippen LogP contribution in [0.4, 0.5) is 0 Å². The highest BCUT2D eigenvalue weighted by Gasteiger charge is 2.80. The smallest absolute Gasteiger partial charge is 0.148 e. The van der Waals surface area contributed by atoms with Crippen molar-refractivity contribution in [2.45, 2.75) is 38.6 Å². The molecule has 2 saturated carbocycles. The van der Waals surface area contributed by atoms with E-state index in [4.69, 9.17) is 0 Å². The van der Waals surface area contributed by atoms with Gasteiger partial charge in [-0.15, -0.1) is 0 Å². The second-order valence-corrected chi connectivity index (χ2v) is 5.91. The fraction of sp³-hybridized carbons (Fsp3) is 0.909. The van der Waals surface area contributed by atoms with Crippen LogP contribution in [0.5, 0.6) is 0 Å². The lowest BCUT2D eigenvalue weighted by molar-refractivity contribution is -0.812. The standard InChI is InChI=1S/C11H17NO2/c1-9(2)7-3-4-10(9)6-12-11(10,5-7)8(13)14/h7,12H,3-6H2,1-2H3,(H,13,14)/t7-,10+,11+/m1/s1. The number of quaternary nitrogens is 1. The highest BCUT2D eigenvalue weighted by Crippen LogP contribution is 2.70. The van der Waals surface area contributed by atoms with Gasteiger partial charge in [0.15, 0.2) is 0 Å². The van der Waals surface area contributed by atoms with Crippen LogP contribution in [0.15, 0.2) is 0 Å². The molecular formula is C11H17NO2. The van der Waals surface area contributed by atoms with Crippen LogP contribution in [-0.2, 0) is 4.79 Å². The van der Waals surface area contributed by atoms with E-state index in [-0.39, 0.29) is 10.8 Å². The first kappa shape index (κ1) is 8.72. The van der Waals surface area contributed by atoms with Crippen molar-refractivity contribution in [3.05, 3.63) is 0 Å². The van der Waals surface area contributed by atoms with Crippen molar-refractivity contribution in [1.29, 1.82) is 0 Å². The summed E-state index contributed by atoms with van der Waals surface area (Å²) >= 11 is 0. The van der Waals surface area contributed by atoms with Crippen LogP contribution in [0.2, 0.25) is 0 Å². The largest absolute Gasteiger partial charge is 0.544 e. The van der Waals surface area contributed by atoms with Gasteiger partial charge in [-0.1, -0.05) is 13.8 Å². The maximum absolute atomic E-state index is 11.3. The third-order valence-electron chi connectivity index (χ3n) is 5.76. The van der Waals surface area contributed by atoms with E-state index in [1.165, 1.54) is 6.42 Å². The summed E-state index contributed by atoms with van der Waals surface area (Å²) in [5.74, 6) is -0.224. The Morgan fingerprint density at radius 2 is 2.21 bits per heavy atom. The van der Waals surface area contributed by atoms with Gasteiger partial charge in [-0.05, 0) is 24.2 Å². The third-order valence-corrected chi connectivity index (χ3v) is 5.76. The van der Waals surface area contributed by atoms with Crippen LogP contribution >= 0.6 is 0 Å². The van der Waals surface area contributed by atoms with Crippen LogP contribution in [0.3, 0.4) is 0 Å². The summed E-state index contributed by atoms with van der Waals surface area (Å²) in [6, 6.07) is 0. The average molecular weight is 195 g/mol. The zero-order valence-corrected chi connectivity index (χ0v) is 8.80. The van der Waals surface area contributed by atoms with Crippen molar-refractivity contribution in [2.75, 3.05) is 6.54 Å². The van der Waals surface area contributed by atoms with E-state index < -0.39 is 11.5 Å². The van der Waals surface area contributed by atoms with Crippen LogP contribution in [0, 0.1) is 16.7 Å². The summed E-state index contributed by atoms with van der Waals surface area (Å²) in [5.41, 5.74) is -0.301. The molecule has 1 heterocycles. The fourth-order valence-electron chi connectivity index (χ4n) is 4.64. The molecule has 78 valence electrons. The molecule has 1 spiro atoms. The second-order valence-electron chi connectivity index (χ2n) is 5.91. The highest BCUT2D eigenvalue weighted by molar-refractivity contribution is 5.78. The Morgan fingerprint density at radius 3 is 2.50 bits per heavy atom. The van der Waals surface area contributed by atoms with Gasteiger partial charge >= 0.3 is 0 Å². The van der Waals surface area contributed by atoms with Gasteiger partial charge in [0.25, 0.3) is 0 Å². The van der Waals surface area contributed by atoms with Crippen molar-refractivity contribution in [3.63, 3.8) is 0 Å². The molecule has 3 nitrogen and oxygen atoms in total. The second kappa shape index (κ2) is 2.01. The minimum Gasteiger partial charge on any atom is -0.544 e. The van der Waals surface area contributed by atoms with E-state index >= 15 is 0 Å². The fourth-order valence-corrected chi connectivity index (χ4v) is 4.64. The molecule has 0 aromatic carbocycles. The van der Waals surface area contributed by atoms with E-state index in [2.05, 4.69) is 13.8 Å². The maximum atomic E-state index is 11.3. The minimum atomic E-state index is -0.820. The summed E-state index contributed by atoms with van der Waals surface area (Å²) < 4.78 is 0. The summed E-state index contributed by atoms with van der Waals surface area (Å²) in [5, 5.41) is 13.3. The van der Waals surface area contributed by atoms with Crippen molar-refractivity contribution >= 4 is 5.97 Å². The molecule has 14 heavy (non-hydrogen) atoms. The zero-order chi connectivity index (χ0) is 10.2. The number of fused-ring (bicyclic) bond motifs is 1. The predicted octanol–water partition coefficient (Wildman–Crippen LogP) is -1.12. The predicted molar refractivity (Wildman–Crippen MR) is 48.1 cm³/mol. The maximum Gasteiger partial charge on any atom is 0.148 e. The molecule has 3 rings (SSSR count). The van der Waals surface area contributed by atoms with Gasteiger partial charge in [-0.2, -0.15) is 0 Å². The number of carbonyl (C=O) groups is 1. The van der Waals surface area contributed by atoms with E-state index in [1.54, 1.807) is 0 Å². The van der Waals surface area contributed by atoms with Gasteiger partial charge in [0, 0.05) is 6.42 Å². The van der Waals surface area contributed by atoms with Gasteiger partial charge in [0.2, 0.25) is 0 Å². The first-order chi connectivity index (χ1) is 6.46. The Morgan fingerprint density at radius 1 is 1.50 bits per heavy atom. The zero-order valence-electron chi connectivity index (χ0n) is 8.80. The molecule has 3 aliphatic rings. The van der Waals surface area contributed by atoms with Crippen molar-refractivity contribution in [3.8, 4) is 0 Å². The topological polar surface area (TPSA) is 56.7 Å². The van der Waals surface area contributed by atoms with E-state index in [0.717, 1.165) is 19.4 Å². The van der Waals surface area contributed by atoms with Crippen molar-refractivity contribution < 1.29 is 15.2 Å². The molecule has 2 aliphatic carbocycles. The Kier molecular flexibility index (Phi) is 1.25. The number of rotatable bonds is 1. The molecule has 0 radical (unpaired) electrons. The quantitative estimate of drug-likeness (QED) is 0.576. The average Bonchev–Trinajstić information content (AvgIpc) is 2.37. The molecule has 1 aliphatic heterocycles. The van der Waals surface area contributed by atoms with Gasteiger partial charge in [0.1, 0.15) is 11.5 Å². The number of nitrogens with two attached hydrogens (primary N) is 1. The number of hydrogen-bond donors (Lipinski definition) is 1. The molecule has 0 amide bonds. The number of aliphatic carboxylic acids is 1. The molecule has 0 unspecified atom stereocenters. The number of hydrogen-bond acceptors (Lipinski definition) is 2. The number of carbonyl (C=O) groups excluding carboxylic acids is 1. The third kappa shape index (κ3) is 0.553. The molecule has 2 N–H and O–H groups in total. The SMILES string of the molecule is CC1(C)[C@@H]2CC[C@]13C[NH2+][C@]3(C(=O)[O-])C2. The molecule has 1 saturated heterocycles. The Hall–Kier alpha value is -0.570. The summed E-state index contributed by atoms with van der Waals surface area (Å²) in [6.45, 7) is 5.50. The van der Waals surface area contributed by atoms with Gasteiger partial charge < -0.3 is 15.2 Å². The van der Waals surface area contributed by atoms with Crippen LogP contribution in [0.1, 0.15) is 33.1 Å². The summed E-state index contributed by atoms with van der Waals surface area (Å²) in [6.07, 6.45) is 3.15. The van der Waals surface area contributed by atoms with Gasteiger partial charge in [0.05, 0.1) is 12.0 Å². The number of carboxylic acids is 1. The molecule has 3 atom stereocenters. The van der Waals surface area contributed by atoms with Crippen LogP contribution in [-0.4, -0.2) is 18.1 Å². The first-order valence-electron chi connectivity index (χ1n) is 5.52. The lowest BCUT2D eigenvalue weighted by Crippen LogP contribution is -3.15. The molecular weight excluding hydrogens is 178 g/mol. The lowest BCUT2D eigenvalue weighted by Gasteiger charge is -2.56. The van der Waals surface area contributed by atoms with Crippen molar-refractivity contribution in [2.24, 2.45) is 16.7 Å². The molecule has 2 bridgehead atoms. The first-order valence-corrected chi connectivity index (χ1v) is 5.52. The van der Waals surface area contributed by atoms with Gasteiger partial charge in [-0.3, -0.25) is 0 Å². The highest BCUT2D eigenvalue weighted by atomic mass is 16.4. The monoisotopic (exact) mass is 195 g/mol. The van der Waals surface area contributed by atoms with E-state index in [1.807, 2.05) is 5.32 Å². The molecule has 0 aromatic heterocycles. The van der Waals surface area contributed by atoms with Crippen LogP contribution < -0.4 is 10.4 Å². The molecule has 0 aromatic rings.